The highest BCUT2D eigenvalue weighted by Crippen LogP contribution is 2.28. The lowest BCUT2D eigenvalue weighted by molar-refractivity contribution is -0.260. The standard InChI is InChI=1S/C15H23NO2/c1-3-12-5-7-13(8-6-12)14(16)11-15(2)17-9-4-10-18-15/h5-8,14H,3-4,9-11,16H2,1-2H3. The third-order valence-electron chi connectivity index (χ3n) is 3.51. The molecule has 3 heteroatoms. The molecule has 1 saturated heterocycles. The van der Waals surface area contributed by atoms with Gasteiger partial charge in [-0.05, 0) is 30.9 Å². The van der Waals surface area contributed by atoms with E-state index in [4.69, 9.17) is 15.2 Å². The number of rotatable bonds is 4. The van der Waals surface area contributed by atoms with Crippen LogP contribution >= 0.6 is 0 Å². The van der Waals surface area contributed by atoms with Crippen LogP contribution in [0, 0.1) is 0 Å². The minimum atomic E-state index is -0.527. The van der Waals surface area contributed by atoms with Gasteiger partial charge in [0, 0.05) is 12.5 Å². The molecule has 0 radical (unpaired) electrons. The fraction of sp³-hybridized carbons (Fsp3) is 0.600. The van der Waals surface area contributed by atoms with Crippen molar-refractivity contribution in [2.24, 2.45) is 5.73 Å². The van der Waals surface area contributed by atoms with E-state index in [1.165, 1.54) is 5.56 Å². The monoisotopic (exact) mass is 249 g/mol. The number of hydrogen-bond donors (Lipinski definition) is 1. The van der Waals surface area contributed by atoms with Crippen molar-refractivity contribution in [3.05, 3.63) is 35.4 Å². The van der Waals surface area contributed by atoms with Gasteiger partial charge in [-0.1, -0.05) is 31.2 Å². The van der Waals surface area contributed by atoms with E-state index in [-0.39, 0.29) is 6.04 Å². The second kappa shape index (κ2) is 5.83. The van der Waals surface area contributed by atoms with Crippen molar-refractivity contribution in [3.8, 4) is 0 Å². The summed E-state index contributed by atoms with van der Waals surface area (Å²) in [5.74, 6) is -0.527. The van der Waals surface area contributed by atoms with Crippen LogP contribution in [0.1, 0.15) is 43.9 Å². The lowest BCUT2D eigenvalue weighted by Gasteiger charge is -2.35. The van der Waals surface area contributed by atoms with Gasteiger partial charge in [-0.2, -0.15) is 0 Å². The molecular formula is C15H23NO2. The zero-order valence-electron chi connectivity index (χ0n) is 11.3. The van der Waals surface area contributed by atoms with Crippen molar-refractivity contribution in [2.75, 3.05) is 13.2 Å². The van der Waals surface area contributed by atoms with Crippen LogP contribution in [0.15, 0.2) is 24.3 Å². The Balaban J connectivity index is 1.99. The van der Waals surface area contributed by atoms with Gasteiger partial charge in [0.1, 0.15) is 0 Å². The van der Waals surface area contributed by atoms with Crippen LogP contribution in [0.2, 0.25) is 0 Å². The van der Waals surface area contributed by atoms with Gasteiger partial charge < -0.3 is 15.2 Å². The van der Waals surface area contributed by atoms with Gasteiger partial charge in [0.15, 0.2) is 5.79 Å². The molecule has 1 fully saturated rings. The minimum Gasteiger partial charge on any atom is -0.350 e. The Kier molecular flexibility index (Phi) is 4.38. The molecule has 1 atom stereocenters. The van der Waals surface area contributed by atoms with Crippen molar-refractivity contribution in [2.45, 2.75) is 44.9 Å². The van der Waals surface area contributed by atoms with Gasteiger partial charge in [-0.25, -0.2) is 0 Å². The second-order valence-electron chi connectivity index (χ2n) is 5.09. The first-order valence-electron chi connectivity index (χ1n) is 6.75. The molecule has 0 aliphatic carbocycles. The molecule has 1 aliphatic rings. The highest BCUT2D eigenvalue weighted by Gasteiger charge is 2.31. The molecule has 1 aromatic rings. The summed E-state index contributed by atoms with van der Waals surface area (Å²) >= 11 is 0. The average molecular weight is 249 g/mol. The lowest BCUT2D eigenvalue weighted by Crippen LogP contribution is -2.40. The van der Waals surface area contributed by atoms with E-state index in [9.17, 15) is 0 Å². The SMILES string of the molecule is CCc1ccc(C(N)CC2(C)OCCCO2)cc1. The number of aryl methyl sites for hydroxylation is 1. The molecule has 1 unspecified atom stereocenters. The summed E-state index contributed by atoms with van der Waals surface area (Å²) in [5.41, 5.74) is 8.72. The molecule has 0 saturated carbocycles. The molecule has 100 valence electrons. The molecule has 0 amide bonds. The Morgan fingerprint density at radius 1 is 1.22 bits per heavy atom. The molecule has 2 N–H and O–H groups in total. The van der Waals surface area contributed by atoms with Crippen LogP contribution in [0.3, 0.4) is 0 Å². The minimum absolute atomic E-state index is 0.0426. The van der Waals surface area contributed by atoms with E-state index in [0.717, 1.165) is 31.6 Å². The van der Waals surface area contributed by atoms with Crippen molar-refractivity contribution in [3.63, 3.8) is 0 Å². The highest BCUT2D eigenvalue weighted by atomic mass is 16.7. The van der Waals surface area contributed by atoms with Crippen molar-refractivity contribution in [1.82, 2.24) is 0 Å². The van der Waals surface area contributed by atoms with E-state index in [1.807, 2.05) is 6.92 Å². The van der Waals surface area contributed by atoms with Gasteiger partial charge in [-0.15, -0.1) is 0 Å². The fourth-order valence-corrected chi connectivity index (χ4v) is 2.31. The highest BCUT2D eigenvalue weighted by molar-refractivity contribution is 5.25. The number of hydrogen-bond acceptors (Lipinski definition) is 3. The molecule has 1 aliphatic heterocycles. The maximum absolute atomic E-state index is 6.24. The zero-order valence-corrected chi connectivity index (χ0v) is 11.3. The van der Waals surface area contributed by atoms with Crippen molar-refractivity contribution in [1.29, 1.82) is 0 Å². The van der Waals surface area contributed by atoms with Crippen LogP contribution in [0.5, 0.6) is 0 Å². The summed E-state index contributed by atoms with van der Waals surface area (Å²) in [7, 11) is 0. The van der Waals surface area contributed by atoms with Crippen LogP contribution in [0.4, 0.5) is 0 Å². The topological polar surface area (TPSA) is 44.5 Å². The van der Waals surface area contributed by atoms with Gasteiger partial charge in [0.2, 0.25) is 0 Å². The third-order valence-corrected chi connectivity index (χ3v) is 3.51. The van der Waals surface area contributed by atoms with E-state index in [1.54, 1.807) is 0 Å². The molecule has 3 nitrogen and oxygen atoms in total. The first kappa shape index (κ1) is 13.5. The summed E-state index contributed by atoms with van der Waals surface area (Å²) in [6.45, 7) is 5.65. The summed E-state index contributed by atoms with van der Waals surface area (Å²) in [4.78, 5) is 0. The van der Waals surface area contributed by atoms with Crippen LogP contribution in [-0.4, -0.2) is 19.0 Å². The summed E-state index contributed by atoms with van der Waals surface area (Å²) in [6, 6.07) is 8.45. The molecule has 18 heavy (non-hydrogen) atoms. The van der Waals surface area contributed by atoms with Crippen molar-refractivity contribution < 1.29 is 9.47 Å². The smallest absolute Gasteiger partial charge is 0.167 e. The summed E-state index contributed by atoms with van der Waals surface area (Å²) < 4.78 is 11.4. The molecular weight excluding hydrogens is 226 g/mol. The Morgan fingerprint density at radius 2 is 1.83 bits per heavy atom. The molecule has 0 bridgehead atoms. The van der Waals surface area contributed by atoms with E-state index in [2.05, 4.69) is 31.2 Å². The third kappa shape index (κ3) is 3.31. The first-order valence-corrected chi connectivity index (χ1v) is 6.75. The Hall–Kier alpha value is -0.900. The maximum Gasteiger partial charge on any atom is 0.167 e. The number of ether oxygens (including phenoxy) is 2. The van der Waals surface area contributed by atoms with E-state index in [0.29, 0.717) is 6.42 Å². The lowest BCUT2D eigenvalue weighted by atomic mass is 9.98. The Morgan fingerprint density at radius 3 is 2.39 bits per heavy atom. The van der Waals surface area contributed by atoms with Gasteiger partial charge in [0.05, 0.1) is 13.2 Å². The quantitative estimate of drug-likeness (QED) is 0.892. The summed E-state index contributed by atoms with van der Waals surface area (Å²) in [5, 5.41) is 0. The number of benzene rings is 1. The summed E-state index contributed by atoms with van der Waals surface area (Å²) in [6.07, 6.45) is 2.72. The van der Waals surface area contributed by atoms with Gasteiger partial charge in [0.25, 0.3) is 0 Å². The molecule has 1 aromatic carbocycles. The van der Waals surface area contributed by atoms with Crippen LogP contribution in [0.25, 0.3) is 0 Å². The Labute approximate surface area is 109 Å². The molecule has 0 aromatic heterocycles. The van der Waals surface area contributed by atoms with Crippen LogP contribution in [-0.2, 0) is 15.9 Å². The zero-order chi connectivity index (χ0) is 13.0. The van der Waals surface area contributed by atoms with Crippen molar-refractivity contribution >= 4 is 0 Å². The predicted octanol–water partition coefficient (Wildman–Crippen LogP) is 2.79. The predicted molar refractivity (Wildman–Crippen MR) is 72.3 cm³/mol. The van der Waals surface area contributed by atoms with E-state index < -0.39 is 5.79 Å². The first-order chi connectivity index (χ1) is 8.63. The van der Waals surface area contributed by atoms with E-state index >= 15 is 0 Å². The average Bonchev–Trinajstić information content (AvgIpc) is 2.39. The number of nitrogens with two attached hydrogens (primary N) is 1. The maximum atomic E-state index is 6.24. The van der Waals surface area contributed by atoms with Crippen LogP contribution < -0.4 is 5.73 Å². The molecule has 2 rings (SSSR count). The van der Waals surface area contributed by atoms with Gasteiger partial charge >= 0.3 is 0 Å². The molecule has 0 spiro atoms. The largest absolute Gasteiger partial charge is 0.350 e. The van der Waals surface area contributed by atoms with Gasteiger partial charge in [-0.3, -0.25) is 0 Å². The second-order valence-corrected chi connectivity index (χ2v) is 5.09. The Bertz CT molecular complexity index is 369. The molecule has 1 heterocycles. The normalized spacial score (nSPS) is 20.6. The fourth-order valence-electron chi connectivity index (χ4n) is 2.31.